The van der Waals surface area contributed by atoms with E-state index in [0.29, 0.717) is 19.0 Å². The molecule has 0 saturated carbocycles. The smallest absolute Gasteiger partial charge is 0.241 e. The summed E-state index contributed by atoms with van der Waals surface area (Å²) in [5.74, 6) is 1.46. The van der Waals surface area contributed by atoms with E-state index >= 15 is 0 Å². The first kappa shape index (κ1) is 21.8. The van der Waals surface area contributed by atoms with Crippen LogP contribution >= 0.6 is 15.9 Å². The van der Waals surface area contributed by atoms with Crippen molar-refractivity contribution >= 4 is 27.8 Å². The lowest BCUT2D eigenvalue weighted by atomic mass is 10.1. The predicted molar refractivity (Wildman–Crippen MR) is 117 cm³/mol. The first-order valence-electron chi connectivity index (χ1n) is 9.07. The van der Waals surface area contributed by atoms with Gasteiger partial charge in [0.25, 0.3) is 0 Å². The molecule has 0 atom stereocenters. The first-order chi connectivity index (χ1) is 13.5. The van der Waals surface area contributed by atoms with Crippen molar-refractivity contribution < 1.29 is 9.53 Å². The van der Waals surface area contributed by atoms with Crippen molar-refractivity contribution in [1.29, 1.82) is 0 Å². The van der Waals surface area contributed by atoms with Crippen LogP contribution in [0.3, 0.4) is 0 Å². The van der Waals surface area contributed by atoms with Gasteiger partial charge in [-0.3, -0.25) is 4.79 Å². The highest BCUT2D eigenvalue weighted by molar-refractivity contribution is 9.10. The molecule has 0 aliphatic heterocycles. The molecule has 0 aliphatic carbocycles. The number of rotatable bonds is 8. The lowest BCUT2D eigenvalue weighted by Gasteiger charge is -2.15. The number of guanidine groups is 1. The maximum atomic E-state index is 11.9. The van der Waals surface area contributed by atoms with Gasteiger partial charge in [0.15, 0.2) is 5.96 Å². The number of methoxy groups -OCH3 is 1. The van der Waals surface area contributed by atoms with Gasteiger partial charge >= 0.3 is 0 Å². The topological polar surface area (TPSA) is 66.0 Å². The van der Waals surface area contributed by atoms with Gasteiger partial charge in [-0.2, -0.15) is 0 Å². The molecule has 6 nitrogen and oxygen atoms in total. The Balaban J connectivity index is 1.94. The molecule has 0 saturated heterocycles. The summed E-state index contributed by atoms with van der Waals surface area (Å²) in [5, 5.41) is 6.41. The van der Waals surface area contributed by atoms with Crippen molar-refractivity contribution in [2.75, 3.05) is 34.3 Å². The van der Waals surface area contributed by atoms with Crippen molar-refractivity contribution in [3.05, 3.63) is 64.1 Å². The average Bonchev–Trinajstić information content (AvgIpc) is 2.71. The van der Waals surface area contributed by atoms with Crippen LogP contribution < -0.4 is 15.4 Å². The van der Waals surface area contributed by atoms with E-state index in [1.165, 1.54) is 5.56 Å². The van der Waals surface area contributed by atoms with Gasteiger partial charge in [-0.05, 0) is 41.8 Å². The van der Waals surface area contributed by atoms with E-state index < -0.39 is 0 Å². The van der Waals surface area contributed by atoms with Gasteiger partial charge in [0.05, 0.1) is 20.2 Å². The molecular formula is C21H27BrN4O2. The fraction of sp³-hybridized carbons (Fsp3) is 0.333. The van der Waals surface area contributed by atoms with Gasteiger partial charge in [0.2, 0.25) is 5.91 Å². The Morgan fingerprint density at radius 2 is 1.68 bits per heavy atom. The number of hydrogen-bond donors (Lipinski definition) is 2. The van der Waals surface area contributed by atoms with Crippen LogP contribution in [0.5, 0.6) is 5.75 Å². The van der Waals surface area contributed by atoms with Crippen LogP contribution in [-0.4, -0.2) is 51.1 Å². The molecule has 0 bridgehead atoms. The highest BCUT2D eigenvalue weighted by Gasteiger charge is 2.06. The summed E-state index contributed by atoms with van der Waals surface area (Å²) in [5.41, 5.74) is 2.29. The van der Waals surface area contributed by atoms with Crippen LogP contribution in [0.2, 0.25) is 0 Å². The fourth-order valence-electron chi connectivity index (χ4n) is 2.37. The zero-order valence-corrected chi connectivity index (χ0v) is 18.1. The number of nitrogens with zero attached hydrogens (tertiary/aromatic N) is 2. The van der Waals surface area contributed by atoms with Crippen LogP contribution in [0.1, 0.15) is 11.1 Å². The normalized spacial score (nSPS) is 11.1. The predicted octanol–water partition coefficient (Wildman–Crippen LogP) is 2.82. The standard InChI is InChI=1S/C21H27BrN4O2/c1-26(2)20(27)15-25-21(24-14-17-4-8-18(22)9-5-17)23-13-12-16-6-10-19(28-3)11-7-16/h4-11H,12-15H2,1-3H3,(H2,23,24,25). The minimum Gasteiger partial charge on any atom is -0.497 e. The third kappa shape index (κ3) is 7.60. The summed E-state index contributed by atoms with van der Waals surface area (Å²) in [4.78, 5) is 18.0. The first-order valence-corrected chi connectivity index (χ1v) is 9.87. The van der Waals surface area contributed by atoms with Crippen molar-refractivity contribution in [2.45, 2.75) is 13.0 Å². The van der Waals surface area contributed by atoms with Gasteiger partial charge in [-0.1, -0.05) is 40.2 Å². The second kappa shape index (κ2) is 11.3. The van der Waals surface area contributed by atoms with E-state index in [-0.39, 0.29) is 12.5 Å². The third-order valence-corrected chi connectivity index (χ3v) is 4.63. The van der Waals surface area contributed by atoms with E-state index in [1.54, 1.807) is 26.1 Å². The maximum absolute atomic E-state index is 11.9. The number of ether oxygens (including phenoxy) is 1. The van der Waals surface area contributed by atoms with Gasteiger partial charge in [0, 0.05) is 25.1 Å². The molecule has 150 valence electrons. The number of carbonyl (C=O) groups is 1. The van der Waals surface area contributed by atoms with E-state index in [1.807, 2.05) is 48.5 Å². The molecular weight excluding hydrogens is 420 g/mol. The zero-order chi connectivity index (χ0) is 20.4. The van der Waals surface area contributed by atoms with Crippen LogP contribution in [0.25, 0.3) is 0 Å². The number of likely N-dealkylation sites (N-methyl/N-ethyl adjacent to an activating group) is 1. The Hall–Kier alpha value is -2.54. The number of hydrogen-bond acceptors (Lipinski definition) is 3. The van der Waals surface area contributed by atoms with Crippen molar-refractivity contribution in [2.24, 2.45) is 4.99 Å². The third-order valence-electron chi connectivity index (χ3n) is 4.10. The van der Waals surface area contributed by atoms with Crippen LogP contribution in [0.4, 0.5) is 0 Å². The summed E-state index contributed by atoms with van der Waals surface area (Å²) in [6.07, 6.45) is 0.838. The molecule has 2 aromatic rings. The fourth-order valence-corrected chi connectivity index (χ4v) is 2.63. The highest BCUT2D eigenvalue weighted by atomic mass is 79.9. The minimum absolute atomic E-state index is 0.00621. The number of amides is 1. The lowest BCUT2D eigenvalue weighted by molar-refractivity contribution is -0.127. The van der Waals surface area contributed by atoms with Crippen LogP contribution in [0.15, 0.2) is 58.0 Å². The molecule has 1 amide bonds. The summed E-state index contributed by atoms with van der Waals surface area (Å²) >= 11 is 3.43. The molecule has 2 N–H and O–H groups in total. The van der Waals surface area contributed by atoms with E-state index in [0.717, 1.165) is 22.2 Å². The summed E-state index contributed by atoms with van der Waals surface area (Å²) in [6.45, 7) is 1.43. The Bertz CT molecular complexity index is 774. The number of aliphatic imine (C=N–C) groups is 1. The van der Waals surface area contributed by atoms with Gasteiger partial charge in [-0.15, -0.1) is 0 Å². The number of halogens is 1. The highest BCUT2D eigenvalue weighted by Crippen LogP contribution is 2.12. The number of nitrogens with one attached hydrogen (secondary N) is 2. The molecule has 0 aliphatic rings. The lowest BCUT2D eigenvalue weighted by Crippen LogP contribution is -2.43. The molecule has 2 aromatic carbocycles. The average molecular weight is 447 g/mol. The molecule has 28 heavy (non-hydrogen) atoms. The SMILES string of the molecule is COc1ccc(CCNC(=NCc2ccc(Br)cc2)NCC(=O)N(C)C)cc1. The summed E-state index contributed by atoms with van der Waals surface area (Å²) in [7, 11) is 5.13. The summed E-state index contributed by atoms with van der Waals surface area (Å²) < 4.78 is 6.22. The van der Waals surface area contributed by atoms with Gasteiger partial charge in [-0.25, -0.2) is 4.99 Å². The number of carbonyl (C=O) groups excluding carboxylic acids is 1. The summed E-state index contributed by atoms with van der Waals surface area (Å²) in [6, 6.07) is 16.0. The molecule has 0 aromatic heterocycles. The molecule has 0 spiro atoms. The van der Waals surface area contributed by atoms with E-state index in [9.17, 15) is 4.79 Å². The van der Waals surface area contributed by atoms with Crippen molar-refractivity contribution in [3.63, 3.8) is 0 Å². The molecule has 7 heteroatoms. The second-order valence-electron chi connectivity index (χ2n) is 6.46. The Kier molecular flexibility index (Phi) is 8.81. The molecule has 0 radical (unpaired) electrons. The van der Waals surface area contributed by atoms with Crippen molar-refractivity contribution in [1.82, 2.24) is 15.5 Å². The van der Waals surface area contributed by atoms with Gasteiger partial charge in [0.1, 0.15) is 5.75 Å². The molecule has 0 fully saturated rings. The second-order valence-corrected chi connectivity index (χ2v) is 7.37. The maximum Gasteiger partial charge on any atom is 0.241 e. The molecule has 0 unspecified atom stereocenters. The Labute approximate surface area is 175 Å². The largest absolute Gasteiger partial charge is 0.497 e. The zero-order valence-electron chi connectivity index (χ0n) is 16.5. The van der Waals surface area contributed by atoms with Crippen LogP contribution in [-0.2, 0) is 17.8 Å². The molecule has 2 rings (SSSR count). The van der Waals surface area contributed by atoms with Crippen LogP contribution in [0, 0.1) is 0 Å². The quantitative estimate of drug-likeness (QED) is 0.483. The van der Waals surface area contributed by atoms with Crippen molar-refractivity contribution in [3.8, 4) is 5.75 Å². The Morgan fingerprint density at radius 1 is 1.04 bits per heavy atom. The number of benzene rings is 2. The minimum atomic E-state index is -0.00621. The Morgan fingerprint density at radius 3 is 2.29 bits per heavy atom. The van der Waals surface area contributed by atoms with E-state index in [4.69, 9.17) is 4.74 Å². The molecule has 0 heterocycles. The van der Waals surface area contributed by atoms with E-state index in [2.05, 4.69) is 31.6 Å². The monoisotopic (exact) mass is 446 g/mol. The van der Waals surface area contributed by atoms with Gasteiger partial charge < -0.3 is 20.3 Å².